The van der Waals surface area contributed by atoms with E-state index in [2.05, 4.69) is 71.7 Å². The molecule has 0 radical (unpaired) electrons. The van der Waals surface area contributed by atoms with Crippen molar-refractivity contribution in [3.05, 3.63) is 18.7 Å². The lowest BCUT2D eigenvalue weighted by Crippen LogP contribution is -2.12. The lowest BCUT2D eigenvalue weighted by atomic mass is 10.0. The number of nitrogens with zero attached hydrogens (tertiary/aromatic N) is 2. The second-order valence-electron chi connectivity index (χ2n) is 8.50. The molecule has 0 bridgehead atoms. The van der Waals surface area contributed by atoms with Crippen LogP contribution in [0.25, 0.3) is 9.75 Å². The highest BCUT2D eigenvalue weighted by Gasteiger charge is 2.28. The van der Waals surface area contributed by atoms with Gasteiger partial charge in [0.05, 0.1) is 30.5 Å². The van der Waals surface area contributed by atoms with Crippen LogP contribution in [0, 0.1) is 34.5 Å². The van der Waals surface area contributed by atoms with E-state index in [4.69, 9.17) is 9.47 Å². The summed E-state index contributed by atoms with van der Waals surface area (Å²) < 4.78 is 14.1. The highest BCUT2D eigenvalue weighted by Crippen LogP contribution is 2.53. The topological polar surface area (TPSA) is 66.0 Å². The van der Waals surface area contributed by atoms with Gasteiger partial charge in [-0.05, 0) is 56.5 Å². The molecule has 186 valence electrons. The molecule has 2 aromatic rings. The Bertz CT molecular complexity index is 924. The molecule has 0 spiro atoms. The molecule has 2 unspecified atom stereocenters. The lowest BCUT2D eigenvalue weighted by Gasteiger charge is -2.17. The van der Waals surface area contributed by atoms with Gasteiger partial charge in [0.1, 0.15) is 23.3 Å². The molecular weight excluding hydrogens is 596 g/mol. The van der Waals surface area contributed by atoms with Crippen molar-refractivity contribution in [2.24, 2.45) is 11.8 Å². The molecule has 0 aliphatic rings. The first-order valence-corrected chi connectivity index (χ1v) is 15.4. The monoisotopic (exact) mass is 628 g/mol. The van der Waals surface area contributed by atoms with Crippen LogP contribution in [0.5, 0.6) is 11.5 Å². The summed E-state index contributed by atoms with van der Waals surface area (Å²) in [6.07, 6.45) is 8.97. The predicted molar refractivity (Wildman–Crippen MR) is 150 cm³/mol. The van der Waals surface area contributed by atoms with Gasteiger partial charge in [0.2, 0.25) is 0 Å². The van der Waals surface area contributed by atoms with E-state index >= 15 is 0 Å². The van der Waals surface area contributed by atoms with Crippen LogP contribution in [0.1, 0.15) is 90.2 Å². The van der Waals surface area contributed by atoms with E-state index in [1.54, 1.807) is 0 Å². The zero-order chi connectivity index (χ0) is 25.1. The quantitative estimate of drug-likeness (QED) is 0.197. The maximum absolute atomic E-state index is 9.85. The average molecular weight is 631 g/mol. The molecule has 2 aromatic heterocycles. The van der Waals surface area contributed by atoms with Gasteiger partial charge in [-0.2, -0.15) is 10.5 Å². The molecule has 0 saturated carbocycles. The highest BCUT2D eigenvalue weighted by molar-refractivity contribution is 9.11. The molecular formula is C26H34Br2N2O2S2. The number of rotatable bonds is 15. The maximum Gasteiger partial charge on any atom is 0.157 e. The van der Waals surface area contributed by atoms with Crippen LogP contribution < -0.4 is 9.47 Å². The van der Waals surface area contributed by atoms with Gasteiger partial charge in [0, 0.05) is 0 Å². The van der Waals surface area contributed by atoms with Gasteiger partial charge < -0.3 is 9.47 Å². The minimum absolute atomic E-state index is 0.447. The number of unbranched alkanes of at least 4 members (excludes halogenated alkanes) is 2. The Kier molecular flexibility index (Phi) is 13.0. The fourth-order valence-corrected chi connectivity index (χ4v) is 7.22. The molecule has 4 nitrogen and oxygen atoms in total. The number of hydrogen-bond acceptors (Lipinski definition) is 6. The number of nitriles is 2. The zero-order valence-corrected chi connectivity index (χ0v) is 25.3. The first-order chi connectivity index (χ1) is 16.4. The Morgan fingerprint density at radius 3 is 1.41 bits per heavy atom. The summed E-state index contributed by atoms with van der Waals surface area (Å²) >= 11 is 10.1. The van der Waals surface area contributed by atoms with Gasteiger partial charge in [-0.3, -0.25) is 0 Å². The van der Waals surface area contributed by atoms with Crippen molar-refractivity contribution in [3.8, 4) is 33.4 Å². The molecule has 34 heavy (non-hydrogen) atoms. The zero-order valence-electron chi connectivity index (χ0n) is 20.5. The third-order valence-electron chi connectivity index (χ3n) is 6.09. The van der Waals surface area contributed by atoms with E-state index in [1.807, 2.05) is 0 Å². The van der Waals surface area contributed by atoms with Crippen LogP contribution in [0.4, 0.5) is 0 Å². The largest absolute Gasteiger partial charge is 0.490 e. The van der Waals surface area contributed by atoms with Crippen molar-refractivity contribution in [2.75, 3.05) is 13.2 Å². The van der Waals surface area contributed by atoms with Gasteiger partial charge in [-0.25, -0.2) is 0 Å². The molecule has 0 aromatic carbocycles. The van der Waals surface area contributed by atoms with E-state index in [0.29, 0.717) is 47.7 Å². The SMILES string of the molecule is CCCCC(CC)COc1c(-c2sc(Br)c(C#N)c2OCC(CC)CCCC)sc(Br)c1C#N. The summed E-state index contributed by atoms with van der Waals surface area (Å²) in [4.78, 5) is 1.69. The Morgan fingerprint density at radius 1 is 0.735 bits per heavy atom. The Balaban J connectivity index is 2.43. The highest BCUT2D eigenvalue weighted by atomic mass is 79.9. The smallest absolute Gasteiger partial charge is 0.157 e. The van der Waals surface area contributed by atoms with Crippen LogP contribution >= 0.6 is 54.5 Å². The Labute approximate surface area is 229 Å². The molecule has 0 aliphatic heterocycles. The van der Waals surface area contributed by atoms with Crippen LogP contribution in [0.3, 0.4) is 0 Å². The second kappa shape index (κ2) is 15.1. The summed E-state index contributed by atoms with van der Waals surface area (Å²) in [5, 5.41) is 19.7. The van der Waals surface area contributed by atoms with Gasteiger partial charge in [-0.1, -0.05) is 66.2 Å². The van der Waals surface area contributed by atoms with Crippen molar-refractivity contribution in [2.45, 2.75) is 79.1 Å². The minimum Gasteiger partial charge on any atom is -0.490 e. The Morgan fingerprint density at radius 2 is 1.12 bits per heavy atom. The average Bonchev–Trinajstić information content (AvgIpc) is 3.33. The van der Waals surface area contributed by atoms with Gasteiger partial charge in [-0.15, -0.1) is 22.7 Å². The second-order valence-corrected chi connectivity index (χ2v) is 13.2. The van der Waals surface area contributed by atoms with Gasteiger partial charge in [0.25, 0.3) is 0 Å². The predicted octanol–water partition coefficient (Wildman–Crippen LogP) is 9.94. The normalized spacial score (nSPS) is 12.7. The molecule has 0 saturated heterocycles. The van der Waals surface area contributed by atoms with Crippen molar-refractivity contribution in [1.82, 2.24) is 0 Å². The van der Waals surface area contributed by atoms with Crippen molar-refractivity contribution >= 4 is 54.5 Å². The molecule has 2 atom stereocenters. The molecule has 0 fully saturated rings. The maximum atomic E-state index is 9.85. The summed E-state index contributed by atoms with van der Waals surface area (Å²) in [5.41, 5.74) is 1.02. The van der Waals surface area contributed by atoms with Crippen molar-refractivity contribution in [1.29, 1.82) is 10.5 Å². The molecule has 2 rings (SSSR count). The molecule has 0 N–H and O–H groups in total. The first-order valence-electron chi connectivity index (χ1n) is 12.2. The number of hydrogen-bond donors (Lipinski definition) is 0. The van der Waals surface area contributed by atoms with E-state index in [-0.39, 0.29) is 0 Å². The third kappa shape index (κ3) is 7.47. The van der Waals surface area contributed by atoms with E-state index in [0.717, 1.165) is 55.9 Å². The van der Waals surface area contributed by atoms with Crippen LogP contribution in [-0.2, 0) is 0 Å². The van der Waals surface area contributed by atoms with Crippen molar-refractivity contribution in [3.63, 3.8) is 0 Å². The first kappa shape index (κ1) is 29.2. The van der Waals surface area contributed by atoms with E-state index in [9.17, 15) is 10.5 Å². The van der Waals surface area contributed by atoms with E-state index in [1.165, 1.54) is 35.5 Å². The fourth-order valence-electron chi connectivity index (χ4n) is 3.74. The standard InChI is InChI=1S/C26H34Br2N2O2S2/c1-5-9-11-17(7-3)15-31-21-19(13-29)25(27)33-23(21)24-22(20(14-30)26(28)34-24)32-16-18(8-4)12-10-6-2/h17-18H,5-12,15-16H2,1-4H3. The van der Waals surface area contributed by atoms with Crippen LogP contribution in [0.15, 0.2) is 7.57 Å². The number of halogens is 2. The molecule has 2 heterocycles. The summed E-state index contributed by atoms with van der Waals surface area (Å²) in [6, 6.07) is 4.60. The summed E-state index contributed by atoms with van der Waals surface area (Å²) in [6.45, 7) is 9.91. The lowest BCUT2D eigenvalue weighted by molar-refractivity contribution is 0.232. The van der Waals surface area contributed by atoms with Crippen LogP contribution in [-0.4, -0.2) is 13.2 Å². The molecule has 8 heteroatoms. The summed E-state index contributed by atoms with van der Waals surface area (Å²) in [5.74, 6) is 2.08. The fraction of sp³-hybridized carbons (Fsp3) is 0.615. The minimum atomic E-state index is 0.447. The van der Waals surface area contributed by atoms with Gasteiger partial charge >= 0.3 is 0 Å². The van der Waals surface area contributed by atoms with Gasteiger partial charge in [0.15, 0.2) is 11.5 Å². The molecule has 0 amide bonds. The molecule has 0 aliphatic carbocycles. The summed E-state index contributed by atoms with van der Waals surface area (Å²) in [7, 11) is 0. The van der Waals surface area contributed by atoms with Crippen molar-refractivity contribution < 1.29 is 9.47 Å². The van der Waals surface area contributed by atoms with E-state index < -0.39 is 0 Å². The third-order valence-corrected chi connectivity index (χ3v) is 9.93. The number of ether oxygens (including phenoxy) is 2. The van der Waals surface area contributed by atoms with Crippen LogP contribution in [0.2, 0.25) is 0 Å². The number of thiophene rings is 2. The Hall–Kier alpha value is -1.06.